The van der Waals surface area contributed by atoms with Crippen LogP contribution in [0.3, 0.4) is 0 Å². The highest BCUT2D eigenvalue weighted by Gasteiger charge is 2.04. The van der Waals surface area contributed by atoms with Crippen LogP contribution in [-0.2, 0) is 4.79 Å². The number of hydrogen-bond acceptors (Lipinski definition) is 3. The van der Waals surface area contributed by atoms with Crippen molar-refractivity contribution in [2.45, 2.75) is 0 Å². The highest BCUT2D eigenvalue weighted by molar-refractivity contribution is 5.71. The van der Waals surface area contributed by atoms with Crippen molar-refractivity contribution < 1.29 is 14.6 Å². The van der Waals surface area contributed by atoms with Gasteiger partial charge in [0.1, 0.15) is 12.4 Å². The fourth-order valence-corrected chi connectivity index (χ4v) is 1.59. The lowest BCUT2D eigenvalue weighted by molar-refractivity contribution is -0.307. The molecule has 0 aliphatic rings. The lowest BCUT2D eigenvalue weighted by Gasteiger charge is -2.11. The van der Waals surface area contributed by atoms with Gasteiger partial charge in [0.15, 0.2) is 0 Å². The molecule has 0 spiro atoms. The predicted octanol–water partition coefficient (Wildman–Crippen LogP) is 1.48. The van der Waals surface area contributed by atoms with Gasteiger partial charge in [-0.05, 0) is 11.6 Å². The first kappa shape index (κ1) is 11.2. The molecule has 86 valence electrons. The van der Waals surface area contributed by atoms with Gasteiger partial charge in [0.25, 0.3) is 0 Å². The van der Waals surface area contributed by atoms with Crippen LogP contribution in [0.4, 0.5) is 0 Å². The zero-order valence-corrected chi connectivity index (χ0v) is 9.13. The number of carboxylic acids is 1. The minimum Gasteiger partial charge on any atom is -0.546 e. The maximum atomic E-state index is 10.4. The normalized spacial score (nSPS) is 9.88. The van der Waals surface area contributed by atoms with Gasteiger partial charge in [0, 0.05) is 5.56 Å². The highest BCUT2D eigenvalue weighted by Crippen LogP contribution is 2.29. The number of aliphatic carboxylic acids is 1. The Morgan fingerprint density at radius 3 is 2.35 bits per heavy atom. The van der Waals surface area contributed by atoms with Crippen LogP contribution < -0.4 is 9.84 Å². The summed E-state index contributed by atoms with van der Waals surface area (Å²) in [7, 11) is 0. The van der Waals surface area contributed by atoms with E-state index >= 15 is 0 Å². The zero-order valence-electron chi connectivity index (χ0n) is 9.13. The number of benzene rings is 2. The van der Waals surface area contributed by atoms with E-state index in [2.05, 4.69) is 0 Å². The standard InChI is InChI=1S/C14H12O3/c15-14(16)10-17-13-9-5-4-8-12(13)11-6-2-1-3-7-11/h1-9H,10H2,(H,15,16)/p-1. The molecule has 0 N–H and O–H groups in total. The van der Waals surface area contributed by atoms with Crippen molar-refractivity contribution in [2.24, 2.45) is 0 Å². The number of rotatable bonds is 4. The number of carbonyl (C=O) groups excluding carboxylic acids is 1. The summed E-state index contributed by atoms with van der Waals surface area (Å²) in [5.41, 5.74) is 1.86. The monoisotopic (exact) mass is 227 g/mol. The van der Waals surface area contributed by atoms with Crippen molar-refractivity contribution in [3.05, 3.63) is 54.6 Å². The highest BCUT2D eigenvalue weighted by atomic mass is 16.5. The molecule has 0 aromatic heterocycles. The molecular formula is C14H11O3-. The molecule has 0 unspecified atom stereocenters. The van der Waals surface area contributed by atoms with E-state index in [9.17, 15) is 9.90 Å². The average Bonchev–Trinajstić information content (AvgIpc) is 2.38. The number of carboxylic acid groups (broad SMARTS) is 1. The maximum Gasteiger partial charge on any atom is 0.128 e. The summed E-state index contributed by atoms with van der Waals surface area (Å²) in [6.07, 6.45) is 0. The molecule has 0 atom stereocenters. The lowest BCUT2D eigenvalue weighted by Crippen LogP contribution is -2.29. The van der Waals surface area contributed by atoms with Gasteiger partial charge in [-0.2, -0.15) is 0 Å². The van der Waals surface area contributed by atoms with Crippen LogP contribution in [0, 0.1) is 0 Å². The Morgan fingerprint density at radius 2 is 1.65 bits per heavy atom. The molecule has 0 aliphatic heterocycles. The Labute approximate surface area is 99.3 Å². The minimum absolute atomic E-state index is 0.441. The summed E-state index contributed by atoms with van der Waals surface area (Å²) >= 11 is 0. The summed E-state index contributed by atoms with van der Waals surface area (Å²) < 4.78 is 5.19. The number of carbonyl (C=O) groups is 1. The van der Waals surface area contributed by atoms with Crippen molar-refractivity contribution in [2.75, 3.05) is 6.61 Å². The molecule has 0 aliphatic carbocycles. The SMILES string of the molecule is O=C([O-])COc1ccccc1-c1ccccc1. The second-order valence-corrected chi connectivity index (χ2v) is 3.52. The van der Waals surface area contributed by atoms with Crippen LogP contribution in [0.15, 0.2) is 54.6 Å². The van der Waals surface area contributed by atoms with Crippen LogP contribution in [-0.4, -0.2) is 12.6 Å². The largest absolute Gasteiger partial charge is 0.546 e. The van der Waals surface area contributed by atoms with E-state index in [1.54, 1.807) is 12.1 Å². The first-order valence-electron chi connectivity index (χ1n) is 5.24. The lowest BCUT2D eigenvalue weighted by atomic mass is 10.1. The van der Waals surface area contributed by atoms with Crippen LogP contribution in [0.5, 0.6) is 5.75 Å². The quantitative estimate of drug-likeness (QED) is 0.795. The van der Waals surface area contributed by atoms with Gasteiger partial charge in [0.05, 0.1) is 5.97 Å². The second-order valence-electron chi connectivity index (χ2n) is 3.52. The van der Waals surface area contributed by atoms with Crippen molar-refractivity contribution in [3.8, 4) is 16.9 Å². The Morgan fingerprint density at radius 1 is 1.00 bits per heavy atom. The van der Waals surface area contributed by atoms with Crippen molar-refractivity contribution in [1.82, 2.24) is 0 Å². The number of hydrogen-bond donors (Lipinski definition) is 0. The zero-order chi connectivity index (χ0) is 12.1. The van der Waals surface area contributed by atoms with Gasteiger partial charge < -0.3 is 14.6 Å². The molecule has 3 heteroatoms. The summed E-state index contributed by atoms with van der Waals surface area (Å²) in [5.74, 6) is -0.684. The smallest absolute Gasteiger partial charge is 0.128 e. The Hall–Kier alpha value is -2.29. The molecule has 3 nitrogen and oxygen atoms in total. The van der Waals surface area contributed by atoms with Crippen LogP contribution in [0.2, 0.25) is 0 Å². The van der Waals surface area contributed by atoms with Crippen molar-refractivity contribution >= 4 is 5.97 Å². The molecule has 0 saturated heterocycles. The molecule has 17 heavy (non-hydrogen) atoms. The summed E-state index contributed by atoms with van der Waals surface area (Å²) in [6.45, 7) is -0.441. The van der Waals surface area contributed by atoms with Crippen molar-refractivity contribution in [1.29, 1.82) is 0 Å². The van der Waals surface area contributed by atoms with Gasteiger partial charge in [-0.3, -0.25) is 0 Å². The molecule has 0 fully saturated rings. The molecule has 2 aromatic carbocycles. The van der Waals surface area contributed by atoms with Crippen LogP contribution >= 0.6 is 0 Å². The topological polar surface area (TPSA) is 49.4 Å². The molecule has 2 rings (SSSR count). The van der Waals surface area contributed by atoms with Crippen LogP contribution in [0.25, 0.3) is 11.1 Å². The summed E-state index contributed by atoms with van der Waals surface area (Å²) in [4.78, 5) is 10.4. The Balaban J connectivity index is 2.31. The molecular weight excluding hydrogens is 216 g/mol. The maximum absolute atomic E-state index is 10.4. The molecule has 0 bridgehead atoms. The van der Waals surface area contributed by atoms with Gasteiger partial charge in [-0.25, -0.2) is 0 Å². The van der Waals surface area contributed by atoms with Gasteiger partial charge in [0.2, 0.25) is 0 Å². The fraction of sp³-hybridized carbons (Fsp3) is 0.0714. The predicted molar refractivity (Wildman–Crippen MR) is 62.4 cm³/mol. The summed E-state index contributed by atoms with van der Waals surface area (Å²) in [6, 6.07) is 17.0. The van der Waals surface area contributed by atoms with E-state index in [0.717, 1.165) is 11.1 Å². The third-order valence-corrected chi connectivity index (χ3v) is 2.32. The van der Waals surface area contributed by atoms with E-state index < -0.39 is 12.6 Å². The van der Waals surface area contributed by atoms with Gasteiger partial charge >= 0.3 is 0 Å². The minimum atomic E-state index is -1.23. The molecule has 0 amide bonds. The molecule has 0 radical (unpaired) electrons. The number of ether oxygens (including phenoxy) is 1. The Bertz CT molecular complexity index is 506. The van der Waals surface area contributed by atoms with E-state index in [0.29, 0.717) is 5.75 Å². The number of para-hydroxylation sites is 1. The van der Waals surface area contributed by atoms with Crippen molar-refractivity contribution in [3.63, 3.8) is 0 Å². The van der Waals surface area contributed by atoms with Gasteiger partial charge in [-0.1, -0.05) is 48.5 Å². The van der Waals surface area contributed by atoms with Gasteiger partial charge in [-0.15, -0.1) is 0 Å². The summed E-state index contributed by atoms with van der Waals surface area (Å²) in [5, 5.41) is 10.4. The van der Waals surface area contributed by atoms with E-state index in [-0.39, 0.29) is 0 Å². The first-order chi connectivity index (χ1) is 8.27. The average molecular weight is 227 g/mol. The third-order valence-electron chi connectivity index (χ3n) is 2.32. The third kappa shape index (κ3) is 2.84. The Kier molecular flexibility index (Phi) is 3.40. The first-order valence-corrected chi connectivity index (χ1v) is 5.24. The van der Waals surface area contributed by atoms with E-state index in [4.69, 9.17) is 4.74 Å². The fourth-order valence-electron chi connectivity index (χ4n) is 1.59. The van der Waals surface area contributed by atoms with Crippen LogP contribution in [0.1, 0.15) is 0 Å². The van der Waals surface area contributed by atoms with E-state index in [1.807, 2.05) is 42.5 Å². The van der Waals surface area contributed by atoms with E-state index in [1.165, 1.54) is 0 Å². The molecule has 0 saturated carbocycles. The second kappa shape index (κ2) is 5.16. The molecule has 2 aromatic rings. The molecule has 0 heterocycles.